The lowest BCUT2D eigenvalue weighted by atomic mass is 9.85. The van der Waals surface area contributed by atoms with Crippen LogP contribution in [0.15, 0.2) is 30.5 Å². The van der Waals surface area contributed by atoms with E-state index in [-0.39, 0.29) is 47.7 Å². The molecule has 228 valence electrons. The second kappa shape index (κ2) is 13.1. The summed E-state index contributed by atoms with van der Waals surface area (Å²) in [4.78, 5) is 43.7. The summed E-state index contributed by atoms with van der Waals surface area (Å²) in [7, 11) is 1.69. The largest absolute Gasteiger partial charge is 0.397 e. The van der Waals surface area contributed by atoms with Crippen LogP contribution in [-0.4, -0.2) is 89.5 Å². The van der Waals surface area contributed by atoms with E-state index in [1.807, 2.05) is 39.5 Å². The lowest BCUT2D eigenvalue weighted by Crippen LogP contribution is -2.59. The molecule has 4 amide bonds. The number of halogens is 1. The van der Waals surface area contributed by atoms with E-state index in [9.17, 15) is 18.8 Å². The molecule has 0 aromatic heterocycles. The maximum atomic E-state index is 14.1. The Kier molecular flexibility index (Phi) is 10.2. The molecule has 5 atom stereocenters. The number of urea groups is 1. The number of amides is 4. The average Bonchev–Trinajstić information content (AvgIpc) is 3.46. The Hall–Kier alpha value is -3.38. The highest BCUT2D eigenvalue weighted by molar-refractivity contribution is 5.90. The van der Waals surface area contributed by atoms with Gasteiger partial charge in [0.2, 0.25) is 11.8 Å². The van der Waals surface area contributed by atoms with Gasteiger partial charge in [0.05, 0.1) is 23.8 Å². The number of carbonyl (C=O) groups excluding carboxylic acids is 3. The van der Waals surface area contributed by atoms with E-state index < -0.39 is 17.5 Å². The van der Waals surface area contributed by atoms with Gasteiger partial charge in [-0.3, -0.25) is 9.59 Å². The minimum Gasteiger partial charge on any atom is -0.397 e. The van der Waals surface area contributed by atoms with Gasteiger partial charge < -0.3 is 36.5 Å². The molecule has 11 nitrogen and oxygen atoms in total. The molecule has 12 heteroatoms. The molecule has 1 unspecified atom stereocenters. The maximum absolute atomic E-state index is 14.1. The Morgan fingerprint density at radius 2 is 1.76 bits per heavy atom. The SMILES string of the molecule is CN[C@@H](C)C(=O)N[C@H](C(=O)N1CCC2[C@H]1[C@@H](CN(N)/C=C(\N)c1ccc(F)cc1)CN2C(=O)NC(C)C)C(C)(C)C. The molecular weight excluding hydrogens is 527 g/mol. The number of likely N-dealkylation sites (tertiary alicyclic amines) is 2. The van der Waals surface area contributed by atoms with Crippen molar-refractivity contribution in [2.75, 3.05) is 26.7 Å². The standard InChI is InChI=1S/C29H47FN8O3/c1-17(2)34-28(41)38-15-20(14-36(32)16-22(31)19-8-10-21(30)11-9-19)24-23(38)12-13-37(24)27(40)25(29(4,5)6)35-26(39)18(3)33-7/h8-11,16-18,20,23-25,33H,12-15,31-32H2,1-7H3,(H,34,41)(H,35,39)/b22-16-/t18-,20-,23?,24+,25+/m0/s1. The van der Waals surface area contributed by atoms with E-state index in [2.05, 4.69) is 16.0 Å². The van der Waals surface area contributed by atoms with Crippen LogP contribution in [0.2, 0.25) is 0 Å². The third kappa shape index (κ3) is 7.68. The summed E-state index contributed by atoms with van der Waals surface area (Å²) < 4.78 is 13.4. The fourth-order valence-electron chi connectivity index (χ4n) is 5.62. The van der Waals surface area contributed by atoms with Crippen molar-refractivity contribution in [3.05, 3.63) is 41.8 Å². The van der Waals surface area contributed by atoms with Crippen LogP contribution in [0.1, 0.15) is 53.5 Å². The van der Waals surface area contributed by atoms with E-state index in [1.54, 1.807) is 37.2 Å². The Balaban J connectivity index is 1.88. The fourth-order valence-corrected chi connectivity index (χ4v) is 5.62. The van der Waals surface area contributed by atoms with E-state index in [1.165, 1.54) is 17.1 Å². The van der Waals surface area contributed by atoms with Crippen molar-refractivity contribution in [2.45, 2.75) is 78.2 Å². The van der Waals surface area contributed by atoms with E-state index >= 15 is 0 Å². The van der Waals surface area contributed by atoms with Gasteiger partial charge in [-0.25, -0.2) is 15.0 Å². The summed E-state index contributed by atoms with van der Waals surface area (Å²) in [6, 6.07) is 3.87. The van der Waals surface area contributed by atoms with Crippen molar-refractivity contribution in [1.82, 2.24) is 30.8 Å². The van der Waals surface area contributed by atoms with Crippen molar-refractivity contribution in [3.8, 4) is 0 Å². The van der Waals surface area contributed by atoms with Gasteiger partial charge in [-0.1, -0.05) is 20.8 Å². The summed E-state index contributed by atoms with van der Waals surface area (Å²) >= 11 is 0. The number of hydrogen-bond acceptors (Lipinski definition) is 7. The average molecular weight is 575 g/mol. The van der Waals surface area contributed by atoms with Crippen molar-refractivity contribution >= 4 is 23.5 Å². The van der Waals surface area contributed by atoms with Crippen molar-refractivity contribution in [3.63, 3.8) is 0 Å². The zero-order valence-corrected chi connectivity index (χ0v) is 25.3. The van der Waals surface area contributed by atoms with Crippen LogP contribution < -0.4 is 27.5 Å². The minimum absolute atomic E-state index is 0.0433. The number of carbonyl (C=O) groups is 3. The Labute approximate surface area is 242 Å². The van der Waals surface area contributed by atoms with Gasteiger partial charge in [0.15, 0.2) is 0 Å². The first-order valence-electron chi connectivity index (χ1n) is 14.2. The van der Waals surface area contributed by atoms with Gasteiger partial charge in [-0.15, -0.1) is 0 Å². The zero-order valence-electron chi connectivity index (χ0n) is 25.3. The monoisotopic (exact) mass is 574 g/mol. The highest BCUT2D eigenvalue weighted by atomic mass is 19.1. The summed E-state index contributed by atoms with van der Waals surface area (Å²) in [5.41, 5.74) is 6.68. The lowest BCUT2D eigenvalue weighted by Gasteiger charge is -2.37. The number of hydrogen-bond donors (Lipinski definition) is 5. The summed E-state index contributed by atoms with van der Waals surface area (Å²) in [6.45, 7) is 12.5. The van der Waals surface area contributed by atoms with Gasteiger partial charge in [-0.2, -0.15) is 0 Å². The van der Waals surface area contributed by atoms with Gasteiger partial charge >= 0.3 is 6.03 Å². The normalized spacial score (nSPS) is 22.4. The van der Waals surface area contributed by atoms with Crippen LogP contribution in [0.5, 0.6) is 0 Å². The number of benzene rings is 1. The van der Waals surface area contributed by atoms with Crippen LogP contribution in [0, 0.1) is 17.2 Å². The molecule has 41 heavy (non-hydrogen) atoms. The molecule has 7 N–H and O–H groups in total. The van der Waals surface area contributed by atoms with Gasteiger partial charge in [0.1, 0.15) is 11.9 Å². The van der Waals surface area contributed by atoms with Gasteiger partial charge in [0.25, 0.3) is 0 Å². The molecule has 1 aromatic carbocycles. The number of nitrogens with one attached hydrogen (secondary N) is 3. The number of nitrogens with zero attached hydrogens (tertiary/aromatic N) is 3. The summed E-state index contributed by atoms with van der Waals surface area (Å²) in [5.74, 6) is 5.41. The molecule has 0 radical (unpaired) electrons. The molecule has 0 bridgehead atoms. The van der Waals surface area contributed by atoms with E-state index in [4.69, 9.17) is 11.6 Å². The second-order valence-electron chi connectivity index (χ2n) is 12.5. The smallest absolute Gasteiger partial charge is 0.317 e. The van der Waals surface area contributed by atoms with Crippen molar-refractivity contribution in [1.29, 1.82) is 0 Å². The third-order valence-corrected chi connectivity index (χ3v) is 7.84. The van der Waals surface area contributed by atoms with Crippen LogP contribution in [-0.2, 0) is 9.59 Å². The zero-order chi connectivity index (χ0) is 30.6. The third-order valence-electron chi connectivity index (χ3n) is 7.84. The molecule has 2 fully saturated rings. The first-order valence-corrected chi connectivity index (χ1v) is 14.2. The molecule has 2 saturated heterocycles. The number of nitrogens with two attached hydrogens (primary N) is 2. The predicted octanol–water partition coefficient (Wildman–Crippen LogP) is 1.42. The van der Waals surface area contributed by atoms with Crippen LogP contribution in [0.3, 0.4) is 0 Å². The molecule has 0 spiro atoms. The molecule has 2 aliphatic rings. The van der Waals surface area contributed by atoms with Crippen molar-refractivity contribution < 1.29 is 18.8 Å². The highest BCUT2D eigenvalue weighted by Crippen LogP contribution is 2.37. The topological polar surface area (TPSA) is 149 Å². The van der Waals surface area contributed by atoms with Crippen LogP contribution in [0.4, 0.5) is 9.18 Å². The number of hydrazine groups is 1. The second-order valence-corrected chi connectivity index (χ2v) is 12.5. The quantitative estimate of drug-likeness (QED) is 0.221. The summed E-state index contributed by atoms with van der Waals surface area (Å²) in [6.07, 6.45) is 2.20. The molecular formula is C29H47FN8O3. The van der Waals surface area contributed by atoms with Crippen LogP contribution >= 0.6 is 0 Å². The molecule has 3 rings (SSSR count). The first-order chi connectivity index (χ1) is 19.1. The number of rotatable bonds is 9. The van der Waals surface area contributed by atoms with Crippen molar-refractivity contribution in [2.24, 2.45) is 22.9 Å². The molecule has 0 saturated carbocycles. The Morgan fingerprint density at radius 1 is 1.12 bits per heavy atom. The molecule has 2 heterocycles. The molecule has 0 aliphatic carbocycles. The highest BCUT2D eigenvalue weighted by Gasteiger charge is 2.53. The van der Waals surface area contributed by atoms with E-state index in [0.717, 1.165) is 0 Å². The Bertz CT molecular complexity index is 1120. The van der Waals surface area contributed by atoms with Gasteiger partial charge in [0, 0.05) is 37.8 Å². The molecule has 1 aromatic rings. The fraction of sp³-hybridized carbons (Fsp3) is 0.621. The number of fused-ring (bicyclic) bond motifs is 1. The summed E-state index contributed by atoms with van der Waals surface area (Å²) in [5, 5.41) is 10.3. The molecule has 2 aliphatic heterocycles. The Morgan fingerprint density at radius 3 is 2.32 bits per heavy atom. The first kappa shape index (κ1) is 32.1. The number of likely N-dealkylation sites (N-methyl/N-ethyl adjacent to an activating group) is 1. The van der Waals surface area contributed by atoms with E-state index in [0.29, 0.717) is 37.3 Å². The maximum Gasteiger partial charge on any atom is 0.317 e. The van der Waals surface area contributed by atoms with Crippen LogP contribution in [0.25, 0.3) is 5.70 Å². The minimum atomic E-state index is -0.758. The lowest BCUT2D eigenvalue weighted by molar-refractivity contribution is -0.141. The van der Waals surface area contributed by atoms with Gasteiger partial charge in [-0.05, 0) is 69.5 Å². The predicted molar refractivity (Wildman–Crippen MR) is 157 cm³/mol.